The highest BCUT2D eigenvalue weighted by atomic mass is 16.4. The summed E-state index contributed by atoms with van der Waals surface area (Å²) in [7, 11) is 0. The molecule has 0 radical (unpaired) electrons. The van der Waals surface area contributed by atoms with Crippen LogP contribution in [0.15, 0.2) is 30.3 Å². The summed E-state index contributed by atoms with van der Waals surface area (Å²) in [4.78, 5) is 155. The number of hydrogen-bond donors (Lipinski definition) is 14. The number of benzene rings is 1. The molecule has 0 aliphatic rings. The third kappa shape index (κ3) is 24.5. The number of carbonyl (C=O) groups is 12. The van der Waals surface area contributed by atoms with Crippen molar-refractivity contribution >= 4 is 71.1 Å². The zero-order chi connectivity index (χ0) is 56.6. The molecule has 15 N–H and O–H groups in total. The fourth-order valence-corrected chi connectivity index (χ4v) is 7.14. The minimum atomic E-state index is -1.69. The Bertz CT molecular complexity index is 2120. The fourth-order valence-electron chi connectivity index (χ4n) is 7.14. The van der Waals surface area contributed by atoms with Crippen molar-refractivity contribution in [2.45, 2.75) is 174 Å². The van der Waals surface area contributed by atoms with Gasteiger partial charge in [0, 0.05) is 25.7 Å². The maximum absolute atomic E-state index is 14.2. The quantitative estimate of drug-likeness (QED) is 0.0364. The van der Waals surface area contributed by atoms with Crippen LogP contribution in [0.3, 0.4) is 0 Å². The van der Waals surface area contributed by atoms with Gasteiger partial charge in [-0.15, -0.1) is 0 Å². The van der Waals surface area contributed by atoms with Crippen LogP contribution in [-0.2, 0) is 64.0 Å². The van der Waals surface area contributed by atoms with Crippen molar-refractivity contribution in [3.05, 3.63) is 35.9 Å². The third-order valence-electron chi connectivity index (χ3n) is 11.2. The molecule has 26 heteroatoms. The van der Waals surface area contributed by atoms with Gasteiger partial charge in [0.2, 0.25) is 47.3 Å². The number of carbonyl (C=O) groups excluding carboxylic acids is 8. The molecule has 0 bridgehead atoms. The lowest BCUT2D eigenvalue weighted by molar-refractivity contribution is -0.144. The van der Waals surface area contributed by atoms with Crippen molar-refractivity contribution in [3.8, 4) is 0 Å². The van der Waals surface area contributed by atoms with E-state index in [-0.39, 0.29) is 37.5 Å². The molecular formula is C48H75N9O17. The summed E-state index contributed by atoms with van der Waals surface area (Å²) in [6.07, 6.45) is -4.98. The highest BCUT2D eigenvalue weighted by Crippen LogP contribution is 2.13. The Morgan fingerprint density at radius 1 is 0.446 bits per heavy atom. The number of hydrogen-bond acceptors (Lipinski definition) is 14. The van der Waals surface area contributed by atoms with Gasteiger partial charge in [-0.3, -0.25) is 52.7 Å². The monoisotopic (exact) mass is 1050 g/mol. The molecule has 26 nitrogen and oxygen atoms in total. The molecule has 74 heavy (non-hydrogen) atoms. The van der Waals surface area contributed by atoms with E-state index in [1.54, 1.807) is 71.9 Å². The number of rotatable bonds is 34. The first kappa shape index (κ1) is 64.8. The Morgan fingerprint density at radius 3 is 1.24 bits per heavy atom. The van der Waals surface area contributed by atoms with Crippen LogP contribution >= 0.6 is 0 Å². The molecule has 1 aromatic rings. The predicted molar refractivity (Wildman–Crippen MR) is 263 cm³/mol. The van der Waals surface area contributed by atoms with Crippen molar-refractivity contribution < 1.29 is 83.1 Å². The second-order valence-corrected chi connectivity index (χ2v) is 19.2. The molecule has 1 aromatic carbocycles. The van der Waals surface area contributed by atoms with E-state index in [0.29, 0.717) is 5.56 Å². The normalized spacial score (nSPS) is 15.3. The van der Waals surface area contributed by atoms with Gasteiger partial charge in [-0.2, -0.15) is 0 Å². The molecule has 0 saturated carbocycles. The maximum atomic E-state index is 14.2. The van der Waals surface area contributed by atoms with E-state index in [4.69, 9.17) is 10.8 Å². The Labute approximate surface area is 428 Å². The summed E-state index contributed by atoms with van der Waals surface area (Å²) in [5, 5.41) is 67.4. The Balaban J connectivity index is 3.55. The van der Waals surface area contributed by atoms with Gasteiger partial charge in [0.15, 0.2) is 0 Å². The van der Waals surface area contributed by atoms with Gasteiger partial charge in [0.25, 0.3) is 0 Å². The number of nitrogens with one attached hydrogen (secondary N) is 8. The standard InChI is InChI=1S/C48H75N9O17/c1-23(2)20-32(44(69)54-33(21-24(3)4)46(71)57-39(27(8)58)47(72)56-38(25(5)6)48(73)74)53-43(68)31(16-19-37(63)64)52-45(70)34(22-28-12-10-9-11-13-28)55-42(67)30(15-18-36(61)62)51-40(65)26(7)50-41(66)29(49)14-17-35(59)60/h9-13,23-27,29-34,38-39,58H,14-22,49H2,1-8H3,(H,50,66)(H,51,65)(H,52,70)(H,53,68)(H,54,69)(H,55,67)(H,56,72)(H,57,71)(H,59,60)(H,61,62)(H,63,64)(H,73,74)/t26-,27+,29-,30-,31-,32-,33-,34-,38-,39-/m0/s1. The van der Waals surface area contributed by atoms with Gasteiger partial charge >= 0.3 is 23.9 Å². The van der Waals surface area contributed by atoms with E-state index in [0.717, 1.165) is 0 Å². The number of aliphatic carboxylic acids is 4. The van der Waals surface area contributed by atoms with Crippen LogP contribution < -0.4 is 48.3 Å². The Hall–Kier alpha value is -7.22. The first-order valence-electron chi connectivity index (χ1n) is 24.2. The maximum Gasteiger partial charge on any atom is 0.326 e. The molecule has 0 heterocycles. The molecule has 414 valence electrons. The molecule has 0 aliphatic heterocycles. The lowest BCUT2D eigenvalue weighted by Crippen LogP contribution is -2.61. The molecule has 1 rings (SSSR count). The van der Waals surface area contributed by atoms with Crippen molar-refractivity contribution in [1.29, 1.82) is 0 Å². The molecule has 10 atom stereocenters. The lowest BCUT2D eigenvalue weighted by Gasteiger charge is -2.29. The minimum Gasteiger partial charge on any atom is -0.481 e. The highest BCUT2D eigenvalue weighted by molar-refractivity contribution is 5.98. The van der Waals surface area contributed by atoms with Crippen LogP contribution in [0, 0.1) is 17.8 Å². The van der Waals surface area contributed by atoms with Gasteiger partial charge in [-0.05, 0) is 69.3 Å². The molecule has 0 saturated heterocycles. The van der Waals surface area contributed by atoms with Crippen LogP contribution in [-0.4, -0.2) is 157 Å². The number of aliphatic hydroxyl groups is 1. The number of nitrogens with two attached hydrogens (primary N) is 1. The van der Waals surface area contributed by atoms with Crippen molar-refractivity contribution in [1.82, 2.24) is 42.5 Å². The van der Waals surface area contributed by atoms with E-state index in [2.05, 4.69) is 42.5 Å². The number of aliphatic hydroxyl groups excluding tert-OH is 1. The molecule has 0 aromatic heterocycles. The number of amides is 8. The molecule has 0 fully saturated rings. The first-order chi connectivity index (χ1) is 34.4. The SMILES string of the molecule is CC(C)C[C@H](NC(=O)[C@H](CCC(=O)O)NC(=O)[C@H](Cc1ccccc1)NC(=O)[C@H](CCC(=O)O)NC(=O)[C@H](C)NC(=O)[C@@H](N)CCC(=O)O)C(=O)N[C@@H](CC(C)C)C(=O)N[C@H](C(=O)N[C@H](C(=O)O)C(C)C)[C@@H](C)O. The van der Waals surface area contributed by atoms with Gasteiger partial charge in [0.05, 0.1) is 12.1 Å². The Kier molecular flexibility index (Phi) is 28.1. The summed E-state index contributed by atoms with van der Waals surface area (Å²) in [6.45, 7) is 12.4. The van der Waals surface area contributed by atoms with Gasteiger partial charge in [0.1, 0.15) is 48.3 Å². The van der Waals surface area contributed by atoms with Gasteiger partial charge in [-0.1, -0.05) is 71.9 Å². The van der Waals surface area contributed by atoms with E-state index in [1.165, 1.54) is 13.8 Å². The summed E-state index contributed by atoms with van der Waals surface area (Å²) in [6, 6.07) is -5.33. The van der Waals surface area contributed by atoms with E-state index in [1.807, 2.05) is 0 Å². The van der Waals surface area contributed by atoms with Crippen LogP contribution in [0.5, 0.6) is 0 Å². The zero-order valence-corrected chi connectivity index (χ0v) is 43.0. The first-order valence-corrected chi connectivity index (χ1v) is 24.2. The predicted octanol–water partition coefficient (Wildman–Crippen LogP) is -1.74. The van der Waals surface area contributed by atoms with Crippen molar-refractivity contribution in [2.24, 2.45) is 23.5 Å². The molecule has 8 amide bonds. The second kappa shape index (κ2) is 32.1. The van der Waals surface area contributed by atoms with Crippen LogP contribution in [0.2, 0.25) is 0 Å². The van der Waals surface area contributed by atoms with Crippen molar-refractivity contribution in [2.75, 3.05) is 0 Å². The van der Waals surface area contributed by atoms with Crippen LogP contribution in [0.1, 0.15) is 112 Å². The largest absolute Gasteiger partial charge is 0.481 e. The molecule has 0 aliphatic carbocycles. The highest BCUT2D eigenvalue weighted by Gasteiger charge is 2.37. The third-order valence-corrected chi connectivity index (χ3v) is 11.2. The van der Waals surface area contributed by atoms with Gasteiger partial charge < -0.3 is 73.8 Å². The summed E-state index contributed by atoms with van der Waals surface area (Å²) < 4.78 is 0. The summed E-state index contributed by atoms with van der Waals surface area (Å²) in [5.41, 5.74) is 6.20. The fraction of sp³-hybridized carbons (Fsp3) is 0.625. The molecule has 0 spiro atoms. The number of carboxylic acid groups (broad SMARTS) is 4. The van der Waals surface area contributed by atoms with Gasteiger partial charge in [-0.25, -0.2) is 4.79 Å². The molecule has 0 unspecified atom stereocenters. The van der Waals surface area contributed by atoms with E-state index >= 15 is 0 Å². The Morgan fingerprint density at radius 2 is 0.824 bits per heavy atom. The van der Waals surface area contributed by atoms with Crippen LogP contribution in [0.25, 0.3) is 0 Å². The van der Waals surface area contributed by atoms with E-state index in [9.17, 15) is 78.0 Å². The number of carboxylic acids is 4. The smallest absolute Gasteiger partial charge is 0.326 e. The minimum absolute atomic E-state index is 0.0229. The average Bonchev–Trinajstić information content (AvgIpc) is 3.29. The van der Waals surface area contributed by atoms with Crippen LogP contribution in [0.4, 0.5) is 0 Å². The summed E-state index contributed by atoms with van der Waals surface area (Å²) in [5.74, 6) is -14.3. The summed E-state index contributed by atoms with van der Waals surface area (Å²) >= 11 is 0. The molecular weight excluding hydrogens is 975 g/mol. The lowest BCUT2D eigenvalue weighted by atomic mass is 9.99. The average molecular weight is 1050 g/mol. The van der Waals surface area contributed by atoms with Crippen molar-refractivity contribution in [3.63, 3.8) is 0 Å². The zero-order valence-electron chi connectivity index (χ0n) is 43.0. The van der Waals surface area contributed by atoms with E-state index < -0.39 is 170 Å². The second-order valence-electron chi connectivity index (χ2n) is 19.2. The topological polar surface area (TPSA) is 428 Å².